The van der Waals surface area contributed by atoms with Crippen molar-refractivity contribution >= 4 is 11.3 Å². The lowest BCUT2D eigenvalue weighted by Crippen LogP contribution is -2.22. The minimum atomic E-state index is 0.741. The van der Waals surface area contributed by atoms with Crippen LogP contribution in [0.2, 0.25) is 0 Å². The van der Waals surface area contributed by atoms with Crippen molar-refractivity contribution in [2.75, 3.05) is 0 Å². The number of aromatic nitrogens is 1. The van der Waals surface area contributed by atoms with Gasteiger partial charge in [0.25, 0.3) is 0 Å². The van der Waals surface area contributed by atoms with Crippen LogP contribution in [0.1, 0.15) is 17.2 Å². The van der Waals surface area contributed by atoms with Gasteiger partial charge in [-0.15, -0.1) is 11.3 Å². The van der Waals surface area contributed by atoms with Crippen molar-refractivity contribution in [2.45, 2.75) is 19.6 Å². The minimum Gasteiger partial charge on any atom is -0.468 e. The summed E-state index contributed by atoms with van der Waals surface area (Å²) in [7, 11) is 0. The summed E-state index contributed by atoms with van der Waals surface area (Å²) in [5, 5.41) is 2.07. The van der Waals surface area contributed by atoms with Gasteiger partial charge in [-0.3, -0.25) is 4.90 Å². The Morgan fingerprint density at radius 2 is 1.68 bits per heavy atom. The highest BCUT2D eigenvalue weighted by molar-refractivity contribution is 7.07. The van der Waals surface area contributed by atoms with E-state index in [1.54, 1.807) is 23.9 Å². The lowest BCUT2D eigenvalue weighted by Gasteiger charge is -2.18. The molecule has 0 saturated heterocycles. The van der Waals surface area contributed by atoms with Gasteiger partial charge in [0.1, 0.15) is 11.5 Å². The maximum absolute atomic E-state index is 5.41. The number of rotatable bonds is 6. The molecule has 3 rings (SSSR count). The zero-order valence-electron chi connectivity index (χ0n) is 10.4. The van der Waals surface area contributed by atoms with Gasteiger partial charge in [0, 0.05) is 11.9 Å². The zero-order valence-corrected chi connectivity index (χ0v) is 11.2. The maximum atomic E-state index is 5.41. The van der Waals surface area contributed by atoms with Crippen molar-refractivity contribution in [2.24, 2.45) is 0 Å². The first kappa shape index (κ1) is 12.2. The summed E-state index contributed by atoms with van der Waals surface area (Å²) >= 11 is 1.61. The van der Waals surface area contributed by atoms with Gasteiger partial charge in [-0.2, -0.15) is 0 Å². The average molecular weight is 274 g/mol. The molecular formula is C14H14N2O2S. The molecule has 98 valence electrons. The van der Waals surface area contributed by atoms with Crippen LogP contribution in [-0.4, -0.2) is 9.88 Å². The SMILES string of the molecule is c1coc(CN(Cc2cscn2)Cc2ccco2)c1. The van der Waals surface area contributed by atoms with Gasteiger partial charge in [-0.25, -0.2) is 4.98 Å². The fraction of sp³-hybridized carbons (Fsp3) is 0.214. The van der Waals surface area contributed by atoms with E-state index in [-0.39, 0.29) is 0 Å². The Morgan fingerprint density at radius 3 is 2.16 bits per heavy atom. The summed E-state index contributed by atoms with van der Waals surface area (Å²) in [6.45, 7) is 2.27. The Balaban J connectivity index is 1.70. The largest absolute Gasteiger partial charge is 0.468 e. The molecule has 19 heavy (non-hydrogen) atoms. The van der Waals surface area contributed by atoms with Crippen molar-refractivity contribution in [3.8, 4) is 0 Å². The van der Waals surface area contributed by atoms with Crippen LogP contribution in [-0.2, 0) is 19.6 Å². The number of hydrogen-bond acceptors (Lipinski definition) is 5. The van der Waals surface area contributed by atoms with E-state index in [1.807, 2.05) is 29.8 Å². The minimum absolute atomic E-state index is 0.741. The lowest BCUT2D eigenvalue weighted by molar-refractivity contribution is 0.207. The van der Waals surface area contributed by atoms with Crippen LogP contribution in [0.3, 0.4) is 0 Å². The lowest BCUT2D eigenvalue weighted by atomic mass is 10.3. The second-order valence-electron chi connectivity index (χ2n) is 4.28. The Hall–Kier alpha value is -1.85. The predicted molar refractivity (Wildman–Crippen MR) is 72.5 cm³/mol. The molecule has 3 heterocycles. The Kier molecular flexibility index (Phi) is 3.76. The molecule has 5 heteroatoms. The average Bonchev–Trinajstić information content (AvgIpc) is 3.10. The highest BCUT2D eigenvalue weighted by atomic mass is 32.1. The van der Waals surface area contributed by atoms with Crippen molar-refractivity contribution in [3.63, 3.8) is 0 Å². The number of thiazole rings is 1. The van der Waals surface area contributed by atoms with E-state index in [2.05, 4.69) is 15.3 Å². The Morgan fingerprint density at radius 1 is 1.00 bits per heavy atom. The van der Waals surface area contributed by atoms with Gasteiger partial charge in [0.05, 0.1) is 36.8 Å². The standard InChI is InChI=1S/C14H14N2O2S/c1-3-13(17-5-1)8-16(7-12-10-19-11-15-12)9-14-4-2-6-18-14/h1-6,10-11H,7-9H2. The van der Waals surface area contributed by atoms with Crippen molar-refractivity contribution in [1.82, 2.24) is 9.88 Å². The van der Waals surface area contributed by atoms with E-state index in [1.165, 1.54) is 0 Å². The van der Waals surface area contributed by atoms with Crippen molar-refractivity contribution < 1.29 is 8.83 Å². The third kappa shape index (κ3) is 3.33. The van der Waals surface area contributed by atoms with Gasteiger partial charge in [-0.05, 0) is 24.3 Å². The number of nitrogens with zero attached hydrogens (tertiary/aromatic N) is 2. The van der Waals surface area contributed by atoms with E-state index in [0.29, 0.717) is 0 Å². The molecule has 0 aliphatic heterocycles. The summed E-state index contributed by atoms with van der Waals surface area (Å²) in [5.41, 5.74) is 2.93. The van der Waals surface area contributed by atoms with E-state index >= 15 is 0 Å². The van der Waals surface area contributed by atoms with Crippen LogP contribution in [0, 0.1) is 0 Å². The van der Waals surface area contributed by atoms with Gasteiger partial charge >= 0.3 is 0 Å². The van der Waals surface area contributed by atoms with Gasteiger partial charge in [0.15, 0.2) is 0 Å². The molecule has 4 nitrogen and oxygen atoms in total. The molecule has 0 N–H and O–H groups in total. The van der Waals surface area contributed by atoms with Crippen LogP contribution in [0.25, 0.3) is 0 Å². The Labute approximate surface area is 115 Å². The molecule has 0 unspecified atom stereocenters. The third-order valence-corrected chi connectivity index (χ3v) is 3.42. The quantitative estimate of drug-likeness (QED) is 0.689. The Bertz CT molecular complexity index is 487. The van der Waals surface area contributed by atoms with E-state index < -0.39 is 0 Å². The molecule has 0 fully saturated rings. The maximum Gasteiger partial charge on any atom is 0.117 e. The summed E-state index contributed by atoms with van der Waals surface area (Å²) in [4.78, 5) is 6.57. The van der Waals surface area contributed by atoms with E-state index in [4.69, 9.17) is 8.83 Å². The summed E-state index contributed by atoms with van der Waals surface area (Å²) in [6.07, 6.45) is 3.40. The zero-order chi connectivity index (χ0) is 12.9. The van der Waals surface area contributed by atoms with Crippen LogP contribution in [0.5, 0.6) is 0 Å². The molecule has 0 saturated carbocycles. The normalized spacial score (nSPS) is 11.2. The second-order valence-corrected chi connectivity index (χ2v) is 5.00. The van der Waals surface area contributed by atoms with Crippen molar-refractivity contribution in [1.29, 1.82) is 0 Å². The van der Waals surface area contributed by atoms with Gasteiger partial charge in [0.2, 0.25) is 0 Å². The van der Waals surface area contributed by atoms with Crippen LogP contribution in [0.4, 0.5) is 0 Å². The molecule has 0 atom stereocenters. The first-order chi connectivity index (χ1) is 9.40. The molecule has 0 bridgehead atoms. The highest BCUT2D eigenvalue weighted by Gasteiger charge is 2.12. The first-order valence-corrected chi connectivity index (χ1v) is 6.98. The van der Waals surface area contributed by atoms with Crippen LogP contribution in [0.15, 0.2) is 56.5 Å². The summed E-state index contributed by atoms with van der Waals surface area (Å²) in [5.74, 6) is 1.89. The molecule has 0 aromatic carbocycles. The monoisotopic (exact) mass is 274 g/mol. The molecular weight excluding hydrogens is 260 g/mol. The number of hydrogen-bond donors (Lipinski definition) is 0. The fourth-order valence-electron chi connectivity index (χ4n) is 1.96. The van der Waals surface area contributed by atoms with Crippen molar-refractivity contribution in [3.05, 3.63) is 64.9 Å². The number of furan rings is 2. The smallest absolute Gasteiger partial charge is 0.117 e. The molecule has 0 aliphatic carbocycles. The molecule has 0 spiro atoms. The molecule has 0 amide bonds. The van der Waals surface area contributed by atoms with Gasteiger partial charge < -0.3 is 8.83 Å². The van der Waals surface area contributed by atoms with Crippen LogP contribution < -0.4 is 0 Å². The predicted octanol–water partition coefficient (Wildman–Crippen LogP) is 3.53. The molecule has 0 radical (unpaired) electrons. The summed E-state index contributed by atoms with van der Waals surface area (Å²) < 4.78 is 10.8. The molecule has 3 aromatic heterocycles. The molecule has 3 aromatic rings. The molecule has 0 aliphatic rings. The third-order valence-electron chi connectivity index (χ3n) is 2.79. The topological polar surface area (TPSA) is 42.4 Å². The van der Waals surface area contributed by atoms with E-state index in [0.717, 1.165) is 36.8 Å². The second kappa shape index (κ2) is 5.86. The summed E-state index contributed by atoms with van der Waals surface area (Å²) in [6, 6.07) is 7.78. The fourth-order valence-corrected chi connectivity index (χ4v) is 2.51. The van der Waals surface area contributed by atoms with Gasteiger partial charge in [-0.1, -0.05) is 0 Å². The van der Waals surface area contributed by atoms with E-state index in [9.17, 15) is 0 Å². The highest BCUT2D eigenvalue weighted by Crippen LogP contribution is 2.14. The first-order valence-electron chi connectivity index (χ1n) is 6.04. The van der Waals surface area contributed by atoms with Crippen LogP contribution >= 0.6 is 11.3 Å².